The fourth-order valence-corrected chi connectivity index (χ4v) is 1.11. The van der Waals surface area contributed by atoms with Gasteiger partial charge in [0.25, 0.3) is 0 Å². The Labute approximate surface area is 99.6 Å². The lowest BCUT2D eigenvalue weighted by Gasteiger charge is -2.15. The SMILES string of the molecule is N#Cc1ccc(F)c(COCC(F)(F)C(F)F)c1. The van der Waals surface area contributed by atoms with E-state index in [0.29, 0.717) is 0 Å². The van der Waals surface area contributed by atoms with E-state index in [1.807, 2.05) is 0 Å². The number of ether oxygens (including phenoxy) is 1. The first kappa shape index (κ1) is 14.4. The Kier molecular flexibility index (Phi) is 4.62. The van der Waals surface area contributed by atoms with Crippen molar-refractivity contribution in [3.63, 3.8) is 0 Å². The highest BCUT2D eigenvalue weighted by Crippen LogP contribution is 2.23. The van der Waals surface area contributed by atoms with Crippen LogP contribution in [0, 0.1) is 17.1 Å². The first-order chi connectivity index (χ1) is 8.36. The number of rotatable bonds is 5. The molecule has 0 N–H and O–H groups in total. The van der Waals surface area contributed by atoms with E-state index in [4.69, 9.17) is 5.26 Å². The number of hydrogen-bond acceptors (Lipinski definition) is 2. The third-order valence-corrected chi connectivity index (χ3v) is 2.05. The van der Waals surface area contributed by atoms with E-state index in [-0.39, 0.29) is 11.1 Å². The third-order valence-electron chi connectivity index (χ3n) is 2.05. The summed E-state index contributed by atoms with van der Waals surface area (Å²) in [6, 6.07) is 5.01. The van der Waals surface area contributed by atoms with Gasteiger partial charge in [-0.15, -0.1) is 0 Å². The predicted octanol–water partition coefficient (Wildman–Crippen LogP) is 3.11. The van der Waals surface area contributed by atoms with Crippen LogP contribution in [0.25, 0.3) is 0 Å². The molecule has 18 heavy (non-hydrogen) atoms. The molecule has 1 aromatic carbocycles. The molecule has 0 fully saturated rings. The molecule has 0 aliphatic heterocycles. The van der Waals surface area contributed by atoms with E-state index in [9.17, 15) is 22.0 Å². The molecule has 7 heteroatoms. The van der Waals surface area contributed by atoms with Gasteiger partial charge in [0.1, 0.15) is 12.4 Å². The molecule has 0 atom stereocenters. The number of benzene rings is 1. The zero-order valence-electron chi connectivity index (χ0n) is 8.97. The van der Waals surface area contributed by atoms with Crippen LogP contribution >= 0.6 is 0 Å². The van der Waals surface area contributed by atoms with Crippen molar-refractivity contribution < 1.29 is 26.7 Å². The lowest BCUT2D eigenvalue weighted by Crippen LogP contribution is -2.32. The molecule has 0 unspecified atom stereocenters. The smallest absolute Gasteiger partial charge is 0.330 e. The number of halogens is 5. The quantitative estimate of drug-likeness (QED) is 0.766. The molecule has 0 radical (unpaired) electrons. The normalized spacial score (nSPS) is 11.6. The van der Waals surface area contributed by atoms with Crippen LogP contribution in [0.3, 0.4) is 0 Å². The number of nitriles is 1. The van der Waals surface area contributed by atoms with Gasteiger partial charge in [-0.25, -0.2) is 13.2 Å². The summed E-state index contributed by atoms with van der Waals surface area (Å²) >= 11 is 0. The maximum absolute atomic E-state index is 13.2. The summed E-state index contributed by atoms with van der Waals surface area (Å²) in [7, 11) is 0. The molecule has 0 spiro atoms. The fourth-order valence-electron chi connectivity index (χ4n) is 1.11. The van der Waals surface area contributed by atoms with Gasteiger partial charge in [-0.3, -0.25) is 0 Å². The molecule has 0 aromatic heterocycles. The van der Waals surface area contributed by atoms with Crippen LogP contribution in [0.2, 0.25) is 0 Å². The van der Waals surface area contributed by atoms with Gasteiger partial charge in [-0.1, -0.05) is 0 Å². The van der Waals surface area contributed by atoms with Crippen molar-refractivity contribution in [1.29, 1.82) is 5.26 Å². The van der Waals surface area contributed by atoms with Crippen LogP contribution in [0.5, 0.6) is 0 Å². The molecule has 0 bridgehead atoms. The number of nitrogens with zero attached hydrogens (tertiary/aromatic N) is 1. The summed E-state index contributed by atoms with van der Waals surface area (Å²) in [6.45, 7) is -2.12. The largest absolute Gasteiger partial charge is 0.370 e. The van der Waals surface area contributed by atoms with E-state index in [2.05, 4.69) is 4.74 Å². The van der Waals surface area contributed by atoms with E-state index < -0.39 is 31.4 Å². The highest BCUT2D eigenvalue weighted by atomic mass is 19.3. The van der Waals surface area contributed by atoms with Gasteiger partial charge in [-0.05, 0) is 18.2 Å². The van der Waals surface area contributed by atoms with Crippen molar-refractivity contribution in [2.75, 3.05) is 6.61 Å². The molecular weight excluding hydrogens is 257 g/mol. The van der Waals surface area contributed by atoms with E-state index in [1.165, 1.54) is 6.07 Å². The number of hydrogen-bond donors (Lipinski definition) is 0. The second kappa shape index (κ2) is 5.78. The van der Waals surface area contributed by atoms with Crippen molar-refractivity contribution in [2.24, 2.45) is 0 Å². The molecule has 98 valence electrons. The minimum atomic E-state index is -4.27. The van der Waals surface area contributed by atoms with Crippen molar-refractivity contribution >= 4 is 0 Å². The summed E-state index contributed by atoms with van der Waals surface area (Å²) in [6.07, 6.45) is -3.84. The van der Waals surface area contributed by atoms with Gasteiger partial charge in [-0.2, -0.15) is 14.0 Å². The summed E-state index contributed by atoms with van der Waals surface area (Å²) < 4.78 is 66.0. The molecule has 0 aliphatic carbocycles. The predicted molar refractivity (Wildman–Crippen MR) is 51.7 cm³/mol. The maximum atomic E-state index is 13.2. The van der Waals surface area contributed by atoms with Crippen molar-refractivity contribution in [1.82, 2.24) is 0 Å². The molecule has 2 nitrogen and oxygen atoms in total. The molecule has 1 aromatic rings. The Morgan fingerprint density at radius 1 is 1.33 bits per heavy atom. The van der Waals surface area contributed by atoms with E-state index in [0.717, 1.165) is 12.1 Å². The Morgan fingerprint density at radius 3 is 2.56 bits per heavy atom. The number of alkyl halides is 4. The zero-order chi connectivity index (χ0) is 13.8. The first-order valence-corrected chi connectivity index (χ1v) is 4.79. The summed E-state index contributed by atoms with van der Waals surface area (Å²) in [5.41, 5.74) is -0.0188. The summed E-state index contributed by atoms with van der Waals surface area (Å²) in [5.74, 6) is -5.03. The van der Waals surface area contributed by atoms with Crippen LogP contribution in [0.4, 0.5) is 22.0 Å². The molecule has 0 amide bonds. The monoisotopic (exact) mass is 265 g/mol. The maximum Gasteiger partial charge on any atom is 0.330 e. The second-order valence-corrected chi connectivity index (χ2v) is 3.47. The Hall–Kier alpha value is -1.68. The van der Waals surface area contributed by atoms with Gasteiger partial charge >= 0.3 is 12.3 Å². The van der Waals surface area contributed by atoms with Crippen molar-refractivity contribution in [2.45, 2.75) is 19.0 Å². The van der Waals surface area contributed by atoms with Crippen LogP contribution < -0.4 is 0 Å². The average molecular weight is 265 g/mol. The van der Waals surface area contributed by atoms with Crippen molar-refractivity contribution in [3.05, 3.63) is 35.1 Å². The van der Waals surface area contributed by atoms with Crippen LogP contribution in [0.15, 0.2) is 18.2 Å². The molecular formula is C11H8F5NO. The molecule has 0 saturated carbocycles. The highest BCUT2D eigenvalue weighted by Gasteiger charge is 2.40. The average Bonchev–Trinajstić information content (AvgIpc) is 2.31. The standard InChI is InChI=1S/C11H8F5NO/c12-9-2-1-7(4-17)3-8(9)5-18-6-11(15,16)10(13)14/h1-3,10H,5-6H2. The lowest BCUT2D eigenvalue weighted by atomic mass is 10.1. The third kappa shape index (κ3) is 3.67. The second-order valence-electron chi connectivity index (χ2n) is 3.47. The van der Waals surface area contributed by atoms with Gasteiger partial charge in [0.05, 0.1) is 18.2 Å². The van der Waals surface area contributed by atoms with E-state index in [1.54, 1.807) is 6.07 Å². The minimum Gasteiger partial charge on any atom is -0.370 e. The van der Waals surface area contributed by atoms with Gasteiger partial charge in [0.2, 0.25) is 0 Å². The Morgan fingerprint density at radius 2 is 2.00 bits per heavy atom. The van der Waals surface area contributed by atoms with Crippen LogP contribution in [0.1, 0.15) is 11.1 Å². The van der Waals surface area contributed by atoms with Gasteiger partial charge in [0.15, 0.2) is 0 Å². The molecule has 0 aliphatic rings. The summed E-state index contributed by atoms with van der Waals surface area (Å²) in [4.78, 5) is 0. The lowest BCUT2D eigenvalue weighted by molar-refractivity contribution is -0.168. The molecule has 0 saturated heterocycles. The van der Waals surface area contributed by atoms with Crippen LogP contribution in [-0.4, -0.2) is 19.0 Å². The minimum absolute atomic E-state index is 0.121. The molecule has 1 rings (SSSR count). The Bertz CT molecular complexity index is 455. The highest BCUT2D eigenvalue weighted by molar-refractivity contribution is 5.33. The van der Waals surface area contributed by atoms with Crippen LogP contribution in [-0.2, 0) is 11.3 Å². The first-order valence-electron chi connectivity index (χ1n) is 4.79. The fraction of sp³-hybridized carbons (Fsp3) is 0.364. The van der Waals surface area contributed by atoms with Gasteiger partial charge in [0, 0.05) is 5.56 Å². The van der Waals surface area contributed by atoms with E-state index >= 15 is 0 Å². The Balaban J connectivity index is 2.62. The topological polar surface area (TPSA) is 33.0 Å². The molecule has 0 heterocycles. The van der Waals surface area contributed by atoms with Crippen molar-refractivity contribution in [3.8, 4) is 6.07 Å². The summed E-state index contributed by atoms with van der Waals surface area (Å²) in [5, 5.41) is 8.55. The zero-order valence-corrected chi connectivity index (χ0v) is 8.97. The van der Waals surface area contributed by atoms with Gasteiger partial charge < -0.3 is 4.74 Å².